The summed E-state index contributed by atoms with van der Waals surface area (Å²) >= 11 is 11.3. The maximum atomic E-state index is 4.84. The van der Waals surface area contributed by atoms with Crippen molar-refractivity contribution in [2.75, 3.05) is 26.7 Å². The predicted octanol–water partition coefficient (Wildman–Crippen LogP) is 2.42. The molecule has 0 aliphatic heterocycles. The second kappa shape index (κ2) is 20.3. The van der Waals surface area contributed by atoms with Crippen LogP contribution in [0.15, 0.2) is 0 Å². The van der Waals surface area contributed by atoms with Crippen LogP contribution in [0.1, 0.15) is 0 Å². The Morgan fingerprint density at radius 3 is 1.33 bits per heavy atom. The Morgan fingerprint density at radius 2 is 1.33 bits per heavy atom. The summed E-state index contributed by atoms with van der Waals surface area (Å²) in [6.45, 7) is 3.23. The molecule has 2 radical (unpaired) electrons. The second-order valence-electron chi connectivity index (χ2n) is 1.39. The number of hydrogen-bond acceptors (Lipinski definition) is 4. The fourth-order valence-corrected chi connectivity index (χ4v) is 0. The smallest absolute Gasteiger partial charge is 0.0526 e. The normalized spacial score (nSPS) is 12.3. The van der Waals surface area contributed by atoms with Crippen molar-refractivity contribution in [3.8, 4) is 0 Å². The van der Waals surface area contributed by atoms with Crippen LogP contribution in [0, 0.1) is 0 Å². The van der Waals surface area contributed by atoms with Crippen LogP contribution in [0.3, 0.4) is 0 Å². The Labute approximate surface area is 142 Å². The van der Waals surface area contributed by atoms with Crippen LogP contribution in [-0.4, -0.2) is 26.7 Å². The van der Waals surface area contributed by atoms with Gasteiger partial charge >= 0.3 is 0 Å². The molecule has 0 aromatic heterocycles. The topological polar surface area (TPSA) is 9.23 Å². The largest absolute Gasteiger partial charge is 0.357 e. The van der Waals surface area contributed by atoms with E-state index in [0.717, 1.165) is 0 Å². The van der Waals surface area contributed by atoms with Crippen molar-refractivity contribution in [1.29, 1.82) is 0 Å². The first-order chi connectivity index (χ1) is 4.54. The van der Waals surface area contributed by atoms with Crippen molar-refractivity contribution in [2.45, 2.75) is 0 Å². The summed E-state index contributed by atoms with van der Waals surface area (Å²) in [5.74, 6) is -0.374. The van der Waals surface area contributed by atoms with E-state index in [1.807, 2.05) is 6.66 Å². The molecule has 2 atom stereocenters. The summed E-state index contributed by atoms with van der Waals surface area (Å²) in [5, 5.41) is 0. The van der Waals surface area contributed by atoms with Gasteiger partial charge in [0.2, 0.25) is 0 Å². The summed E-state index contributed by atoms with van der Waals surface area (Å²) in [7, 11) is 1.64. The van der Waals surface area contributed by atoms with Crippen LogP contribution in [0.4, 0.5) is 0 Å². The van der Waals surface area contributed by atoms with Gasteiger partial charge in [0.25, 0.3) is 0 Å². The van der Waals surface area contributed by atoms with Crippen molar-refractivity contribution in [1.82, 2.24) is 0 Å². The van der Waals surface area contributed by atoms with Gasteiger partial charge in [0.15, 0.2) is 0 Å². The predicted molar refractivity (Wildman–Crippen MR) is 63.7 cm³/mol. The minimum Gasteiger partial charge on any atom is -0.357 e. The zero-order valence-corrected chi connectivity index (χ0v) is 17.9. The van der Waals surface area contributed by atoms with Crippen LogP contribution in [0.2, 0.25) is 0 Å². The van der Waals surface area contributed by atoms with Gasteiger partial charge in [0, 0.05) is 72.5 Å². The van der Waals surface area contributed by atoms with Crippen LogP contribution >= 0.6 is 24.2 Å². The van der Waals surface area contributed by atoms with Gasteiger partial charge in [-0.05, 0) is 25.5 Å². The van der Waals surface area contributed by atoms with E-state index in [-0.39, 0.29) is 71.3 Å². The summed E-state index contributed by atoms with van der Waals surface area (Å²) in [4.78, 5) is 0. The fourth-order valence-electron chi connectivity index (χ4n) is 0. The molecule has 0 N–H and O–H groups in total. The molecule has 0 bridgehead atoms. The van der Waals surface area contributed by atoms with Crippen LogP contribution in [0.25, 0.3) is 0 Å². The molecule has 0 fully saturated rings. The molecule has 0 rings (SSSR count). The molecule has 0 aromatic rings. The summed E-state index contributed by atoms with van der Waals surface area (Å²) in [6.07, 6.45) is 2.06. The first kappa shape index (κ1) is 24.9. The fraction of sp³-hybridized carbons (Fsp3) is 1.00. The first-order valence-corrected chi connectivity index (χ1v) is 10.8. The Hall–Kier alpha value is 3.82. The van der Waals surface area contributed by atoms with E-state index in [1.54, 1.807) is 18.5 Å². The van der Waals surface area contributed by atoms with Gasteiger partial charge in [-0.1, -0.05) is 23.6 Å². The van der Waals surface area contributed by atoms with E-state index in [0.29, 0.717) is 0 Å². The maximum absolute atomic E-state index is 4.84. The minimum absolute atomic E-state index is 0. The molecular formula is C4H14OP2S3Y2. The van der Waals surface area contributed by atoms with Gasteiger partial charge in [-0.25, -0.2) is 0 Å². The van der Waals surface area contributed by atoms with E-state index < -0.39 is 6.92 Å². The number of hydrogen-bond donors (Lipinski definition) is 0. The van der Waals surface area contributed by atoms with Crippen LogP contribution < -0.4 is 0 Å². The summed E-state index contributed by atoms with van der Waals surface area (Å²) in [6, 6.07) is 0. The average molecular weight is 414 g/mol. The molecular weight excluding hydrogens is 400 g/mol. The molecule has 70 valence electrons. The van der Waals surface area contributed by atoms with Crippen molar-refractivity contribution in [2.24, 2.45) is 0 Å². The monoisotopic (exact) mass is 414 g/mol. The van der Waals surface area contributed by atoms with E-state index in [9.17, 15) is 0 Å². The number of rotatable bonds is 2. The van der Waals surface area contributed by atoms with Gasteiger partial charge < -0.3 is 4.52 Å². The molecule has 0 spiro atoms. The maximum Gasteiger partial charge on any atom is 0.0526 e. The summed E-state index contributed by atoms with van der Waals surface area (Å²) in [5.41, 5.74) is 0. The van der Waals surface area contributed by atoms with Gasteiger partial charge in [0.1, 0.15) is 0 Å². The van der Waals surface area contributed by atoms with E-state index >= 15 is 0 Å². The van der Waals surface area contributed by atoms with Gasteiger partial charge in [-0.3, -0.25) is 0 Å². The van der Waals surface area contributed by atoms with Crippen molar-refractivity contribution in [3.63, 3.8) is 0 Å². The van der Waals surface area contributed by atoms with Crippen LogP contribution in [-0.2, 0) is 93.6 Å². The molecule has 2 unspecified atom stereocenters. The van der Waals surface area contributed by atoms with Crippen molar-refractivity contribution < 1.29 is 69.9 Å². The molecule has 0 aromatic carbocycles. The molecule has 0 saturated heterocycles. The zero-order chi connectivity index (χ0) is 8.57. The SMILES string of the molecule is CO[PH](C)=S.CS[PH](C)=S.[Y].[Y]. The van der Waals surface area contributed by atoms with E-state index in [2.05, 4.69) is 29.3 Å². The molecule has 8 heteroatoms. The molecule has 0 saturated carbocycles. The third kappa shape index (κ3) is 37.1. The van der Waals surface area contributed by atoms with Gasteiger partial charge in [-0.15, -0.1) is 11.4 Å². The quantitative estimate of drug-likeness (QED) is 0.642. The van der Waals surface area contributed by atoms with Crippen LogP contribution in [0.5, 0.6) is 0 Å². The van der Waals surface area contributed by atoms with E-state index in [1.165, 1.54) is 0 Å². The Kier molecular flexibility index (Phi) is 42.0. The second-order valence-corrected chi connectivity index (χ2v) is 11.6. The van der Waals surface area contributed by atoms with Gasteiger partial charge in [-0.2, -0.15) is 0 Å². The average Bonchev–Trinajstić information content (AvgIpc) is 1.89. The van der Waals surface area contributed by atoms with E-state index in [4.69, 9.17) is 11.8 Å². The summed E-state index contributed by atoms with van der Waals surface area (Å²) < 4.78 is 4.67. The first-order valence-electron chi connectivity index (χ1n) is 2.63. The molecule has 0 heterocycles. The van der Waals surface area contributed by atoms with Gasteiger partial charge in [0.05, 0.1) is 6.92 Å². The van der Waals surface area contributed by atoms with Crippen molar-refractivity contribution >= 4 is 47.8 Å². The Bertz CT molecular complexity index is 111. The molecule has 1 nitrogen and oxygen atoms in total. The third-order valence-electron chi connectivity index (χ3n) is 0.575. The Balaban J connectivity index is -0.0000000457. The molecule has 0 amide bonds. The molecule has 0 aliphatic rings. The molecule has 12 heavy (non-hydrogen) atoms. The third-order valence-corrected chi connectivity index (χ3v) is 5.45. The zero-order valence-electron chi connectivity index (χ0n) is 7.79. The minimum atomic E-state index is -0.791. The van der Waals surface area contributed by atoms with Crippen molar-refractivity contribution in [3.05, 3.63) is 0 Å². The standard InChI is InChI=1S/C2H7OPS.C2H7PS2.2Y/c1-3-4(2)5;1-3(4)5-2;;/h4H,1-2H3;3H,1-2H3;;. The Morgan fingerprint density at radius 1 is 1.17 bits per heavy atom. The molecule has 0 aliphatic carbocycles.